The first-order valence-electron chi connectivity index (χ1n) is 6.36. The number of ether oxygens (including phenoxy) is 1. The summed E-state index contributed by atoms with van der Waals surface area (Å²) in [4.78, 5) is 0. The van der Waals surface area contributed by atoms with Crippen molar-refractivity contribution in [2.45, 2.75) is 53.6 Å². The lowest BCUT2D eigenvalue weighted by Crippen LogP contribution is -2.35. The first-order valence-corrected chi connectivity index (χ1v) is 6.36. The summed E-state index contributed by atoms with van der Waals surface area (Å²) >= 11 is 0. The minimum Gasteiger partial charge on any atom is -0.360 e. The lowest BCUT2D eigenvalue weighted by Gasteiger charge is -2.29. The van der Waals surface area contributed by atoms with Gasteiger partial charge in [-0.05, 0) is 32.1 Å². The first kappa shape index (κ1) is 15.7. The Labute approximate surface area is 101 Å². The zero-order chi connectivity index (χ0) is 12.6. The lowest BCUT2D eigenvalue weighted by molar-refractivity contribution is -0.0573. The van der Waals surface area contributed by atoms with Crippen LogP contribution in [-0.2, 0) is 4.74 Å². The van der Waals surface area contributed by atoms with Crippen molar-refractivity contribution in [3.63, 3.8) is 0 Å². The molecule has 96 valence electrons. The first-order chi connectivity index (χ1) is 7.36. The summed E-state index contributed by atoms with van der Waals surface area (Å²) in [6.07, 6.45) is 5.55. The normalized spacial score (nSPS) is 13.2. The smallest absolute Gasteiger partial charge is 0.0975 e. The molecule has 0 heterocycles. The van der Waals surface area contributed by atoms with Crippen molar-refractivity contribution in [2.24, 2.45) is 11.8 Å². The second-order valence-corrected chi connectivity index (χ2v) is 5.60. The van der Waals surface area contributed by atoms with Gasteiger partial charge >= 0.3 is 0 Å². The SMILES string of the molecule is CC(C)C/C=C/CNCOC(C)(C)C(C)C. The van der Waals surface area contributed by atoms with Crippen LogP contribution in [0.3, 0.4) is 0 Å². The third kappa shape index (κ3) is 7.89. The van der Waals surface area contributed by atoms with E-state index in [1.54, 1.807) is 0 Å². The van der Waals surface area contributed by atoms with Gasteiger partial charge < -0.3 is 4.74 Å². The highest BCUT2D eigenvalue weighted by Gasteiger charge is 2.22. The average Bonchev–Trinajstić information content (AvgIpc) is 2.15. The van der Waals surface area contributed by atoms with Crippen LogP contribution in [0.15, 0.2) is 12.2 Å². The van der Waals surface area contributed by atoms with E-state index >= 15 is 0 Å². The fourth-order valence-corrected chi connectivity index (χ4v) is 0.998. The molecule has 0 aliphatic heterocycles. The fraction of sp³-hybridized carbons (Fsp3) is 0.857. The Hall–Kier alpha value is -0.340. The fourth-order valence-electron chi connectivity index (χ4n) is 0.998. The highest BCUT2D eigenvalue weighted by Crippen LogP contribution is 2.19. The Morgan fingerprint density at radius 3 is 2.25 bits per heavy atom. The molecule has 0 aliphatic rings. The van der Waals surface area contributed by atoms with Gasteiger partial charge in [-0.3, -0.25) is 5.32 Å². The molecule has 0 saturated heterocycles. The van der Waals surface area contributed by atoms with Crippen LogP contribution in [0.2, 0.25) is 0 Å². The van der Waals surface area contributed by atoms with Crippen LogP contribution < -0.4 is 5.32 Å². The maximum absolute atomic E-state index is 5.77. The second-order valence-electron chi connectivity index (χ2n) is 5.60. The quantitative estimate of drug-likeness (QED) is 0.389. The molecule has 0 atom stereocenters. The van der Waals surface area contributed by atoms with Crippen LogP contribution in [0.4, 0.5) is 0 Å². The van der Waals surface area contributed by atoms with E-state index in [0.717, 1.165) is 18.9 Å². The Morgan fingerprint density at radius 2 is 1.75 bits per heavy atom. The molecule has 0 aromatic carbocycles. The van der Waals surface area contributed by atoms with E-state index in [0.29, 0.717) is 12.6 Å². The van der Waals surface area contributed by atoms with Crippen molar-refractivity contribution in [3.05, 3.63) is 12.2 Å². The Balaban J connectivity index is 3.50. The molecule has 0 saturated carbocycles. The van der Waals surface area contributed by atoms with Crippen molar-refractivity contribution in [1.29, 1.82) is 0 Å². The highest BCUT2D eigenvalue weighted by atomic mass is 16.5. The Bertz CT molecular complexity index is 195. The molecule has 0 radical (unpaired) electrons. The summed E-state index contributed by atoms with van der Waals surface area (Å²) in [6, 6.07) is 0. The number of allylic oxidation sites excluding steroid dienone is 1. The molecule has 0 amide bonds. The molecule has 0 bridgehead atoms. The highest BCUT2D eigenvalue weighted by molar-refractivity contribution is 4.84. The molecule has 2 nitrogen and oxygen atoms in total. The largest absolute Gasteiger partial charge is 0.360 e. The topological polar surface area (TPSA) is 21.3 Å². The molecule has 16 heavy (non-hydrogen) atoms. The van der Waals surface area contributed by atoms with E-state index in [2.05, 4.69) is 59.0 Å². The minimum absolute atomic E-state index is 0.0470. The van der Waals surface area contributed by atoms with Gasteiger partial charge in [-0.25, -0.2) is 0 Å². The summed E-state index contributed by atoms with van der Waals surface area (Å²) in [5.41, 5.74) is -0.0470. The summed E-state index contributed by atoms with van der Waals surface area (Å²) < 4.78 is 5.77. The predicted molar refractivity (Wildman–Crippen MR) is 71.5 cm³/mol. The lowest BCUT2D eigenvalue weighted by atomic mass is 9.95. The van der Waals surface area contributed by atoms with Crippen LogP contribution in [0.5, 0.6) is 0 Å². The molecule has 0 aliphatic carbocycles. The summed E-state index contributed by atoms with van der Waals surface area (Å²) in [7, 11) is 0. The van der Waals surface area contributed by atoms with E-state index in [4.69, 9.17) is 4.74 Å². The van der Waals surface area contributed by atoms with Crippen LogP contribution in [0, 0.1) is 11.8 Å². The van der Waals surface area contributed by atoms with Gasteiger partial charge in [0.1, 0.15) is 0 Å². The van der Waals surface area contributed by atoms with Gasteiger partial charge in [-0.15, -0.1) is 0 Å². The molecular weight excluding hydrogens is 198 g/mol. The van der Waals surface area contributed by atoms with E-state index in [-0.39, 0.29) is 5.60 Å². The van der Waals surface area contributed by atoms with Gasteiger partial charge in [0.25, 0.3) is 0 Å². The van der Waals surface area contributed by atoms with E-state index in [1.165, 1.54) is 0 Å². The van der Waals surface area contributed by atoms with Crippen molar-refractivity contribution in [3.8, 4) is 0 Å². The molecule has 0 fully saturated rings. The van der Waals surface area contributed by atoms with Gasteiger partial charge in [0.05, 0.1) is 12.3 Å². The van der Waals surface area contributed by atoms with E-state index in [1.807, 2.05) is 0 Å². The zero-order valence-electron chi connectivity index (χ0n) is 11.8. The molecule has 0 aromatic heterocycles. The maximum Gasteiger partial charge on any atom is 0.0975 e. The van der Waals surface area contributed by atoms with Gasteiger partial charge in [0.15, 0.2) is 0 Å². The average molecular weight is 227 g/mol. The number of hydrogen-bond donors (Lipinski definition) is 1. The molecule has 0 unspecified atom stereocenters. The third-order valence-corrected chi connectivity index (χ3v) is 2.97. The van der Waals surface area contributed by atoms with Crippen molar-refractivity contribution in [1.82, 2.24) is 5.32 Å². The number of rotatable bonds is 8. The van der Waals surface area contributed by atoms with Crippen LogP contribution >= 0.6 is 0 Å². The molecule has 1 N–H and O–H groups in total. The predicted octanol–water partition coefficient (Wildman–Crippen LogP) is 3.59. The van der Waals surface area contributed by atoms with Crippen LogP contribution in [-0.4, -0.2) is 18.9 Å². The van der Waals surface area contributed by atoms with Crippen molar-refractivity contribution in [2.75, 3.05) is 13.3 Å². The molecule has 2 heteroatoms. The van der Waals surface area contributed by atoms with Crippen molar-refractivity contribution >= 4 is 0 Å². The van der Waals surface area contributed by atoms with Crippen molar-refractivity contribution < 1.29 is 4.74 Å². The molecule has 0 rings (SSSR count). The summed E-state index contributed by atoms with van der Waals surface area (Å²) in [5.74, 6) is 1.28. The van der Waals surface area contributed by atoms with Gasteiger partial charge in [0, 0.05) is 6.54 Å². The van der Waals surface area contributed by atoms with Crippen LogP contribution in [0.1, 0.15) is 48.0 Å². The summed E-state index contributed by atoms with van der Waals surface area (Å²) in [6.45, 7) is 14.6. The van der Waals surface area contributed by atoms with E-state index in [9.17, 15) is 0 Å². The second kappa shape index (κ2) is 7.86. The third-order valence-electron chi connectivity index (χ3n) is 2.97. The monoisotopic (exact) mass is 227 g/mol. The Kier molecular flexibility index (Phi) is 7.69. The van der Waals surface area contributed by atoms with Gasteiger partial charge in [-0.1, -0.05) is 39.8 Å². The summed E-state index contributed by atoms with van der Waals surface area (Å²) in [5, 5.41) is 3.26. The number of nitrogens with one attached hydrogen (secondary N) is 1. The van der Waals surface area contributed by atoms with E-state index < -0.39 is 0 Å². The molecule has 0 aromatic rings. The van der Waals surface area contributed by atoms with Gasteiger partial charge in [-0.2, -0.15) is 0 Å². The molecular formula is C14H29NO. The number of hydrogen-bond acceptors (Lipinski definition) is 2. The minimum atomic E-state index is -0.0470. The maximum atomic E-state index is 5.77. The van der Waals surface area contributed by atoms with Crippen LogP contribution in [0.25, 0.3) is 0 Å². The standard InChI is InChI=1S/C14H29NO/c1-12(2)9-7-8-10-15-11-16-14(5,6)13(3)4/h7-8,12-13,15H,9-11H2,1-6H3/b8-7+. The zero-order valence-corrected chi connectivity index (χ0v) is 11.8. The Morgan fingerprint density at radius 1 is 1.12 bits per heavy atom. The van der Waals surface area contributed by atoms with Gasteiger partial charge in [0.2, 0.25) is 0 Å². The molecule has 0 spiro atoms.